The van der Waals surface area contributed by atoms with Crippen molar-refractivity contribution < 1.29 is 19.2 Å². The van der Waals surface area contributed by atoms with Gasteiger partial charge in [-0.2, -0.15) is 0 Å². The molecule has 2 aromatic carbocycles. The molecule has 0 saturated heterocycles. The van der Waals surface area contributed by atoms with Crippen molar-refractivity contribution in [2.45, 2.75) is 13.1 Å². The van der Waals surface area contributed by atoms with E-state index in [0.29, 0.717) is 34.2 Å². The molecule has 2 amide bonds. The van der Waals surface area contributed by atoms with Crippen LogP contribution in [0.15, 0.2) is 48.7 Å². The lowest BCUT2D eigenvalue weighted by Gasteiger charge is -2.16. The summed E-state index contributed by atoms with van der Waals surface area (Å²) in [6.07, 6.45) is 1.64. The van der Waals surface area contributed by atoms with Crippen LogP contribution in [0.5, 0.6) is 0 Å². The third kappa shape index (κ3) is 3.10. The van der Waals surface area contributed by atoms with Gasteiger partial charge >= 0.3 is 0 Å². The van der Waals surface area contributed by atoms with E-state index in [1.54, 1.807) is 42.6 Å². The molecule has 1 aromatic heterocycles. The molecule has 0 unspecified atom stereocenters. The molecule has 31 heavy (non-hydrogen) atoms. The Labute approximate surface area is 180 Å². The summed E-state index contributed by atoms with van der Waals surface area (Å²) in [7, 11) is 0. The summed E-state index contributed by atoms with van der Waals surface area (Å²) in [5, 5.41) is 8.48. The van der Waals surface area contributed by atoms with Gasteiger partial charge in [-0.1, -0.05) is 28.9 Å². The predicted octanol–water partition coefficient (Wildman–Crippen LogP) is 1.89. The van der Waals surface area contributed by atoms with Crippen LogP contribution in [-0.2, 0) is 22.7 Å². The zero-order valence-corrected chi connectivity index (χ0v) is 16.7. The van der Waals surface area contributed by atoms with Crippen LogP contribution in [0.1, 0.15) is 26.4 Å². The van der Waals surface area contributed by atoms with Gasteiger partial charge in [-0.15, -0.1) is 5.10 Å². The van der Waals surface area contributed by atoms with Crippen molar-refractivity contribution in [3.63, 3.8) is 0 Å². The van der Waals surface area contributed by atoms with Crippen LogP contribution in [0.25, 0.3) is 0 Å². The molecule has 2 aliphatic rings. The summed E-state index contributed by atoms with van der Waals surface area (Å²) in [4.78, 5) is 51.7. The van der Waals surface area contributed by atoms with Gasteiger partial charge in [0.25, 0.3) is 23.4 Å². The van der Waals surface area contributed by atoms with Crippen molar-refractivity contribution in [1.82, 2.24) is 15.0 Å². The summed E-state index contributed by atoms with van der Waals surface area (Å²) in [5.41, 5.74) is 2.19. The lowest BCUT2D eigenvalue weighted by Crippen LogP contribution is -2.32. The number of nitrogens with zero attached hydrogens (tertiary/aromatic N) is 5. The quantitative estimate of drug-likeness (QED) is 0.567. The number of hydrogen-bond donors (Lipinski definition) is 0. The monoisotopic (exact) mass is 435 g/mol. The highest BCUT2D eigenvalue weighted by Gasteiger charge is 2.37. The molecule has 0 saturated carbocycles. The predicted molar refractivity (Wildman–Crippen MR) is 110 cm³/mol. The molecule has 2 aliphatic heterocycles. The lowest BCUT2D eigenvalue weighted by atomic mass is 10.1. The largest absolute Gasteiger partial charge is 0.303 e. The zero-order chi connectivity index (χ0) is 21.7. The molecule has 0 aliphatic carbocycles. The highest BCUT2D eigenvalue weighted by atomic mass is 35.5. The molecule has 3 heterocycles. The third-order valence-corrected chi connectivity index (χ3v) is 5.51. The molecular formula is C21H14ClN5O4. The first-order valence-corrected chi connectivity index (χ1v) is 9.82. The highest BCUT2D eigenvalue weighted by molar-refractivity contribution is 6.53. The summed E-state index contributed by atoms with van der Waals surface area (Å²) in [6, 6.07) is 11.5. The number of benzene rings is 2. The Kier molecular flexibility index (Phi) is 4.40. The number of anilines is 2. The number of aromatic nitrogens is 3. The van der Waals surface area contributed by atoms with Crippen molar-refractivity contribution in [3.05, 3.63) is 70.5 Å². The van der Waals surface area contributed by atoms with E-state index >= 15 is 0 Å². The first-order valence-electron chi connectivity index (χ1n) is 9.44. The standard InChI is InChI=1S/C21H14ClN5O4/c22-12-5-6-17-15(9-12)19(29)21(31)27(17)11-13-10-25(24-23-13)7-8-26-16-4-2-1-3-14(16)18(28)20(26)30/h1-6,9-10H,7-8,11H2. The first-order chi connectivity index (χ1) is 14.9. The van der Waals surface area contributed by atoms with Crippen LogP contribution >= 0.6 is 11.6 Å². The molecule has 0 atom stereocenters. The van der Waals surface area contributed by atoms with Crippen LogP contribution < -0.4 is 9.80 Å². The number of halogens is 1. The molecule has 10 heteroatoms. The molecule has 0 radical (unpaired) electrons. The second-order valence-corrected chi connectivity index (χ2v) is 7.59. The highest BCUT2D eigenvalue weighted by Crippen LogP contribution is 2.32. The molecule has 0 N–H and O–H groups in total. The Morgan fingerprint density at radius 2 is 1.52 bits per heavy atom. The van der Waals surface area contributed by atoms with Gasteiger partial charge in [-0.05, 0) is 30.3 Å². The van der Waals surface area contributed by atoms with E-state index in [-0.39, 0.29) is 18.7 Å². The number of ketones is 2. The molecule has 0 bridgehead atoms. The maximum atomic E-state index is 12.4. The van der Waals surface area contributed by atoms with Crippen molar-refractivity contribution >= 4 is 46.4 Å². The fourth-order valence-corrected chi connectivity index (χ4v) is 3.96. The third-order valence-electron chi connectivity index (χ3n) is 5.27. The molecule has 0 fully saturated rings. The molecule has 9 nitrogen and oxygen atoms in total. The van der Waals surface area contributed by atoms with Gasteiger partial charge in [0, 0.05) is 11.6 Å². The Bertz CT molecular complexity index is 1280. The van der Waals surface area contributed by atoms with Crippen molar-refractivity contribution in [2.75, 3.05) is 16.3 Å². The number of Topliss-reactive ketones (excluding diaryl/α,β-unsaturated/α-hetero) is 2. The minimum Gasteiger partial charge on any atom is -0.303 e. The fraction of sp³-hybridized carbons (Fsp3) is 0.143. The van der Waals surface area contributed by atoms with E-state index in [1.807, 2.05) is 0 Å². The van der Waals surface area contributed by atoms with E-state index < -0.39 is 23.4 Å². The normalized spacial score (nSPS) is 15.1. The SMILES string of the molecule is O=C1C(=O)N(CCn2cc(CN3C(=O)C(=O)c4cc(Cl)ccc43)nn2)c2ccccc21. The number of amides is 2. The van der Waals surface area contributed by atoms with Crippen LogP contribution in [0.2, 0.25) is 5.02 Å². The van der Waals surface area contributed by atoms with Gasteiger partial charge in [0.05, 0.1) is 41.8 Å². The van der Waals surface area contributed by atoms with E-state index in [1.165, 1.54) is 20.5 Å². The number of hydrogen-bond acceptors (Lipinski definition) is 6. The van der Waals surface area contributed by atoms with E-state index in [4.69, 9.17) is 11.6 Å². The van der Waals surface area contributed by atoms with Gasteiger partial charge in [0.2, 0.25) is 0 Å². The second kappa shape index (κ2) is 7.13. The van der Waals surface area contributed by atoms with E-state index in [0.717, 1.165) is 0 Å². The summed E-state index contributed by atoms with van der Waals surface area (Å²) in [5.74, 6) is -2.35. The average Bonchev–Trinajstić information content (AvgIpc) is 3.39. The minimum atomic E-state index is -0.649. The molecule has 154 valence electrons. The van der Waals surface area contributed by atoms with E-state index in [9.17, 15) is 19.2 Å². The van der Waals surface area contributed by atoms with Crippen molar-refractivity contribution in [2.24, 2.45) is 0 Å². The molecule has 0 spiro atoms. The van der Waals surface area contributed by atoms with Gasteiger partial charge in [-0.3, -0.25) is 28.8 Å². The first kappa shape index (κ1) is 19.1. The van der Waals surface area contributed by atoms with Crippen LogP contribution in [0.3, 0.4) is 0 Å². The Morgan fingerprint density at radius 3 is 2.35 bits per heavy atom. The zero-order valence-electron chi connectivity index (χ0n) is 16.0. The maximum absolute atomic E-state index is 12.4. The van der Waals surface area contributed by atoms with Crippen molar-refractivity contribution in [1.29, 1.82) is 0 Å². The Hall–Kier alpha value is -3.85. The molecular weight excluding hydrogens is 422 g/mol. The number of carbonyl (C=O) groups excluding carboxylic acids is 4. The van der Waals surface area contributed by atoms with Crippen LogP contribution in [-0.4, -0.2) is 44.9 Å². The Balaban J connectivity index is 1.30. The van der Waals surface area contributed by atoms with Crippen LogP contribution in [0.4, 0.5) is 11.4 Å². The summed E-state index contributed by atoms with van der Waals surface area (Å²) >= 11 is 5.93. The fourth-order valence-electron chi connectivity index (χ4n) is 3.78. The van der Waals surface area contributed by atoms with Gasteiger partial charge in [0.1, 0.15) is 5.69 Å². The summed E-state index contributed by atoms with van der Waals surface area (Å²) < 4.78 is 1.53. The van der Waals surface area contributed by atoms with Gasteiger partial charge in [0.15, 0.2) is 0 Å². The average molecular weight is 436 g/mol. The summed E-state index contributed by atoms with van der Waals surface area (Å²) in [6.45, 7) is 0.620. The number of fused-ring (bicyclic) bond motifs is 2. The minimum absolute atomic E-state index is 0.0726. The smallest absolute Gasteiger partial charge is 0.299 e. The molecule has 5 rings (SSSR count). The topological polar surface area (TPSA) is 105 Å². The lowest BCUT2D eigenvalue weighted by molar-refractivity contribution is -0.115. The van der Waals surface area contributed by atoms with Gasteiger partial charge < -0.3 is 4.90 Å². The van der Waals surface area contributed by atoms with Crippen molar-refractivity contribution in [3.8, 4) is 0 Å². The molecule has 3 aromatic rings. The second-order valence-electron chi connectivity index (χ2n) is 7.16. The maximum Gasteiger partial charge on any atom is 0.299 e. The van der Waals surface area contributed by atoms with E-state index in [2.05, 4.69) is 10.3 Å². The number of rotatable bonds is 5. The number of para-hydroxylation sites is 1. The van der Waals surface area contributed by atoms with Crippen LogP contribution in [0, 0.1) is 0 Å². The van der Waals surface area contributed by atoms with Gasteiger partial charge in [-0.25, -0.2) is 0 Å². The Morgan fingerprint density at radius 1 is 0.806 bits per heavy atom. The number of carbonyl (C=O) groups is 4.